The number of anilines is 3. The molecule has 3 aromatic rings. The number of piperazine rings is 1. The number of amides is 2. The lowest BCUT2D eigenvalue weighted by Gasteiger charge is -2.32. The van der Waals surface area contributed by atoms with E-state index in [0.29, 0.717) is 30.2 Å². The third-order valence-electron chi connectivity index (χ3n) is 7.55. The summed E-state index contributed by atoms with van der Waals surface area (Å²) in [5.41, 5.74) is 6.03. The molecule has 1 saturated heterocycles. The summed E-state index contributed by atoms with van der Waals surface area (Å²) in [6, 6.07) is 19.1. The molecule has 3 aliphatic rings. The minimum Gasteiger partial charge on any atom is -0.354 e. The van der Waals surface area contributed by atoms with E-state index in [1.807, 2.05) is 60.7 Å². The normalized spacial score (nSPS) is 18.0. The average Bonchev–Trinajstić information content (AvgIpc) is 3.55. The minimum atomic E-state index is -0.195. The zero-order valence-electron chi connectivity index (χ0n) is 22.4. The molecule has 10 heteroatoms. The van der Waals surface area contributed by atoms with Crippen LogP contribution < -0.4 is 20.4 Å². The van der Waals surface area contributed by atoms with Gasteiger partial charge >= 0.3 is 0 Å². The lowest BCUT2D eigenvalue weighted by Crippen LogP contribution is -2.48. The number of benzene rings is 3. The van der Waals surface area contributed by atoms with Gasteiger partial charge in [-0.15, -0.1) is 0 Å². The standard InChI is InChI=1S/C30H30BrN5O4/c1-34-11-13-36(14-12-34)17-27(37)35(2)23-8-6-22(7-9-23)32-29(19-3-4-20-18-39-40-26(20)15-19)28-24-10-5-21(31)16-25(24)33-30(28)38/h3-10,15-16,32H,11-14,17-18H2,1-2H3,(H,33,38)/b29-28-. The Bertz CT molecular complexity index is 1500. The summed E-state index contributed by atoms with van der Waals surface area (Å²) in [6.45, 7) is 4.51. The van der Waals surface area contributed by atoms with Gasteiger partial charge < -0.3 is 25.3 Å². The molecule has 3 heterocycles. The van der Waals surface area contributed by atoms with Crippen LogP contribution in [0.1, 0.15) is 16.7 Å². The van der Waals surface area contributed by atoms with E-state index in [-0.39, 0.29) is 11.8 Å². The molecule has 0 atom stereocenters. The Morgan fingerprint density at radius 1 is 1.05 bits per heavy atom. The number of likely N-dealkylation sites (N-methyl/N-ethyl adjacent to an activating group) is 2. The third-order valence-corrected chi connectivity index (χ3v) is 8.04. The number of halogens is 1. The minimum absolute atomic E-state index is 0.0545. The Hall–Kier alpha value is -3.70. The van der Waals surface area contributed by atoms with Crippen LogP contribution in [0.25, 0.3) is 11.3 Å². The topological polar surface area (TPSA) is 86.4 Å². The van der Waals surface area contributed by atoms with Crippen molar-refractivity contribution in [3.05, 3.63) is 81.8 Å². The molecule has 0 saturated carbocycles. The fourth-order valence-electron chi connectivity index (χ4n) is 5.10. The van der Waals surface area contributed by atoms with Gasteiger partial charge in [0.2, 0.25) is 5.91 Å². The zero-order chi connectivity index (χ0) is 27.8. The highest BCUT2D eigenvalue weighted by Crippen LogP contribution is 2.40. The van der Waals surface area contributed by atoms with Crippen molar-refractivity contribution < 1.29 is 19.4 Å². The van der Waals surface area contributed by atoms with Crippen LogP contribution in [0.2, 0.25) is 0 Å². The number of rotatable bonds is 6. The predicted molar refractivity (Wildman–Crippen MR) is 159 cm³/mol. The molecule has 2 N–H and O–H groups in total. The van der Waals surface area contributed by atoms with Crippen molar-refractivity contribution in [3.8, 4) is 5.75 Å². The summed E-state index contributed by atoms with van der Waals surface area (Å²) in [5, 5.41) is 6.45. The predicted octanol–water partition coefficient (Wildman–Crippen LogP) is 4.42. The molecule has 0 aliphatic carbocycles. The average molecular weight is 605 g/mol. The second-order valence-corrected chi connectivity index (χ2v) is 11.2. The molecule has 3 aliphatic heterocycles. The largest absolute Gasteiger partial charge is 0.354 e. The molecular formula is C30H30BrN5O4. The van der Waals surface area contributed by atoms with Gasteiger partial charge in [0, 0.05) is 65.8 Å². The highest BCUT2D eigenvalue weighted by molar-refractivity contribution is 9.10. The molecule has 9 nitrogen and oxygen atoms in total. The van der Waals surface area contributed by atoms with Crippen LogP contribution in [0.4, 0.5) is 17.1 Å². The molecule has 0 bridgehead atoms. The zero-order valence-corrected chi connectivity index (χ0v) is 24.0. The van der Waals surface area contributed by atoms with Gasteiger partial charge in [-0.3, -0.25) is 14.5 Å². The second-order valence-electron chi connectivity index (χ2n) is 10.3. The molecular weight excluding hydrogens is 574 g/mol. The summed E-state index contributed by atoms with van der Waals surface area (Å²) in [7, 11) is 3.91. The van der Waals surface area contributed by atoms with Crippen LogP contribution in [0, 0.1) is 0 Å². The number of fused-ring (bicyclic) bond motifs is 2. The van der Waals surface area contributed by atoms with Crippen LogP contribution in [-0.4, -0.2) is 68.4 Å². The summed E-state index contributed by atoms with van der Waals surface area (Å²) in [6.07, 6.45) is 0. The van der Waals surface area contributed by atoms with E-state index >= 15 is 0 Å². The SMILES string of the molecule is CN1CCN(CC(=O)N(C)c2ccc(N/C(=C3\C(=O)Nc4cc(Br)ccc43)c3ccc4c(c3)OOC4)cc2)CC1. The van der Waals surface area contributed by atoms with Crippen molar-refractivity contribution in [2.75, 3.05) is 62.4 Å². The van der Waals surface area contributed by atoms with Gasteiger partial charge in [-0.05, 0) is 49.5 Å². The van der Waals surface area contributed by atoms with Crippen molar-refractivity contribution in [1.29, 1.82) is 0 Å². The van der Waals surface area contributed by atoms with Crippen LogP contribution in [0.3, 0.4) is 0 Å². The van der Waals surface area contributed by atoms with E-state index in [1.54, 1.807) is 11.9 Å². The van der Waals surface area contributed by atoms with Gasteiger partial charge in [0.1, 0.15) is 6.61 Å². The van der Waals surface area contributed by atoms with Crippen molar-refractivity contribution in [3.63, 3.8) is 0 Å². The van der Waals surface area contributed by atoms with E-state index in [1.165, 1.54) is 0 Å². The van der Waals surface area contributed by atoms with Gasteiger partial charge in [-0.2, -0.15) is 4.89 Å². The maximum absolute atomic E-state index is 13.3. The van der Waals surface area contributed by atoms with E-state index in [4.69, 9.17) is 9.78 Å². The van der Waals surface area contributed by atoms with Crippen LogP contribution in [0.5, 0.6) is 5.75 Å². The van der Waals surface area contributed by atoms with Gasteiger partial charge in [0.25, 0.3) is 5.91 Å². The molecule has 40 heavy (non-hydrogen) atoms. The Labute approximate surface area is 241 Å². The van der Waals surface area contributed by atoms with E-state index in [2.05, 4.69) is 43.4 Å². The summed E-state index contributed by atoms with van der Waals surface area (Å²) in [5.74, 6) is 0.487. The Morgan fingerprint density at radius 3 is 2.60 bits per heavy atom. The lowest BCUT2D eigenvalue weighted by atomic mass is 9.99. The number of nitrogens with one attached hydrogen (secondary N) is 2. The van der Waals surface area contributed by atoms with Gasteiger partial charge in [-0.25, -0.2) is 0 Å². The molecule has 0 unspecified atom stereocenters. The van der Waals surface area contributed by atoms with Crippen LogP contribution in [-0.2, 0) is 21.1 Å². The Morgan fingerprint density at radius 2 is 1.82 bits per heavy atom. The van der Waals surface area contributed by atoms with Crippen molar-refractivity contribution in [2.24, 2.45) is 0 Å². The quantitative estimate of drug-likeness (QED) is 0.319. The lowest BCUT2D eigenvalue weighted by molar-refractivity contribution is -0.194. The first-order valence-electron chi connectivity index (χ1n) is 13.2. The monoisotopic (exact) mass is 603 g/mol. The van der Waals surface area contributed by atoms with Crippen LogP contribution in [0.15, 0.2) is 65.1 Å². The second kappa shape index (κ2) is 11.1. The van der Waals surface area contributed by atoms with Crippen molar-refractivity contribution in [2.45, 2.75) is 6.61 Å². The van der Waals surface area contributed by atoms with E-state index in [0.717, 1.165) is 64.4 Å². The van der Waals surface area contributed by atoms with Crippen molar-refractivity contribution >= 4 is 56.1 Å². The van der Waals surface area contributed by atoms with Gasteiger partial charge in [-0.1, -0.05) is 34.1 Å². The highest BCUT2D eigenvalue weighted by atomic mass is 79.9. The summed E-state index contributed by atoms with van der Waals surface area (Å²) in [4.78, 5) is 42.8. The fraction of sp³-hybridized carbons (Fsp3) is 0.267. The Balaban J connectivity index is 1.28. The molecule has 2 amide bonds. The smallest absolute Gasteiger partial charge is 0.258 e. The summed E-state index contributed by atoms with van der Waals surface area (Å²) >= 11 is 3.49. The number of nitrogens with zero attached hydrogens (tertiary/aromatic N) is 3. The fourth-order valence-corrected chi connectivity index (χ4v) is 5.46. The number of carbonyl (C=O) groups excluding carboxylic acids is 2. The third kappa shape index (κ3) is 5.35. The van der Waals surface area contributed by atoms with Gasteiger partial charge in [0.05, 0.1) is 23.5 Å². The molecule has 206 valence electrons. The van der Waals surface area contributed by atoms with E-state index < -0.39 is 0 Å². The number of hydrogen-bond donors (Lipinski definition) is 2. The first kappa shape index (κ1) is 26.5. The Kier molecular flexibility index (Phi) is 7.33. The number of carbonyl (C=O) groups is 2. The summed E-state index contributed by atoms with van der Waals surface area (Å²) < 4.78 is 0.882. The van der Waals surface area contributed by atoms with Gasteiger partial charge in [0.15, 0.2) is 5.75 Å². The first-order chi connectivity index (χ1) is 19.4. The maximum atomic E-state index is 13.3. The molecule has 0 spiro atoms. The molecule has 0 radical (unpaired) electrons. The maximum Gasteiger partial charge on any atom is 0.258 e. The molecule has 3 aromatic carbocycles. The van der Waals surface area contributed by atoms with Crippen molar-refractivity contribution in [1.82, 2.24) is 9.80 Å². The molecule has 6 rings (SSSR count). The number of hydrogen-bond acceptors (Lipinski definition) is 7. The molecule has 1 fully saturated rings. The highest BCUT2D eigenvalue weighted by Gasteiger charge is 2.29. The van der Waals surface area contributed by atoms with Crippen LogP contribution >= 0.6 is 15.9 Å². The first-order valence-corrected chi connectivity index (χ1v) is 14.0. The molecule has 0 aromatic heterocycles. The van der Waals surface area contributed by atoms with E-state index in [9.17, 15) is 9.59 Å².